The zero-order valence-corrected chi connectivity index (χ0v) is 21.0. The minimum Gasteiger partial charge on any atom is -0.756 e. The molecule has 16 nitrogen and oxygen atoms in total. The van der Waals surface area contributed by atoms with Crippen molar-refractivity contribution in [3.63, 3.8) is 0 Å². The van der Waals surface area contributed by atoms with Crippen molar-refractivity contribution in [2.45, 2.75) is 91.1 Å². The molecule has 220 valence electrons. The van der Waals surface area contributed by atoms with Gasteiger partial charge in [-0.1, -0.05) is 22.3 Å². The first-order valence-electron chi connectivity index (χ1n) is 10.1. The summed E-state index contributed by atoms with van der Waals surface area (Å²) < 4.78 is 73.3. The Bertz CT molecular complexity index is 900. The van der Waals surface area contributed by atoms with E-state index in [1.807, 2.05) is 0 Å². The monoisotopic (exact) mass is 607 g/mol. The van der Waals surface area contributed by atoms with E-state index in [4.69, 9.17) is 34.4 Å². The average molecular weight is 607 g/mol. The van der Waals surface area contributed by atoms with E-state index < -0.39 is 98.2 Å². The van der Waals surface area contributed by atoms with Gasteiger partial charge in [-0.3, -0.25) is 13.7 Å². The van der Waals surface area contributed by atoms with Gasteiger partial charge in [0, 0.05) is 21.5 Å². The maximum absolute atomic E-state index is 12.0. The number of hydrogen-bond acceptors (Lipinski definition) is 16. The van der Waals surface area contributed by atoms with Gasteiger partial charge in [0.05, 0.1) is 25.8 Å². The quantitative estimate of drug-likeness (QED) is 0.194. The van der Waals surface area contributed by atoms with E-state index in [2.05, 4.69) is 17.7 Å². The molecule has 12 atom stereocenters. The van der Waals surface area contributed by atoms with Gasteiger partial charge in [0.15, 0.2) is 6.29 Å². The second kappa shape index (κ2) is 14.5. The van der Waals surface area contributed by atoms with E-state index in [1.165, 1.54) is 6.92 Å². The molecule has 3 saturated heterocycles. The molecule has 38 heavy (non-hydrogen) atoms. The van der Waals surface area contributed by atoms with Crippen LogP contribution in [0.25, 0.3) is 0 Å². The summed E-state index contributed by atoms with van der Waals surface area (Å²) in [5.74, 6) is 0. The molecule has 0 aromatic carbocycles. The Labute approximate surface area is 225 Å². The zero-order chi connectivity index (χ0) is 26.3. The van der Waals surface area contributed by atoms with Crippen LogP contribution in [-0.4, -0.2) is 100 Å². The zero-order valence-electron chi connectivity index (χ0n) is 18.3. The van der Waals surface area contributed by atoms with E-state index in [-0.39, 0.29) is 22.3 Å². The first-order chi connectivity index (χ1) is 16.0. The normalized spacial score (nSPS) is 38.9. The predicted molar refractivity (Wildman–Crippen MR) is 129 cm³/mol. The van der Waals surface area contributed by atoms with Crippen molar-refractivity contribution in [2.75, 3.05) is 13.2 Å². The number of phosphoric acid groups is 3. The largest absolute Gasteiger partial charge is 0.756 e. The number of hydrogen-bond donors (Lipinski definition) is 2. The third kappa shape index (κ3) is 9.73. The highest BCUT2D eigenvalue weighted by Gasteiger charge is 2.52. The number of phosphoric ester groups is 2. The van der Waals surface area contributed by atoms with E-state index in [0.29, 0.717) is 0 Å². The molecule has 4 radical (unpaired) electrons. The fourth-order valence-corrected chi connectivity index (χ4v) is 7.09. The van der Waals surface area contributed by atoms with Gasteiger partial charge in [-0.15, -0.1) is 0 Å². The van der Waals surface area contributed by atoms with Gasteiger partial charge in [0.25, 0.3) is 23.5 Å². The number of rotatable bonds is 11. The van der Waals surface area contributed by atoms with Gasteiger partial charge in [-0.2, -0.15) is 0 Å². The Morgan fingerprint density at radius 1 is 0.763 bits per heavy atom. The van der Waals surface area contributed by atoms with Crippen molar-refractivity contribution in [3.8, 4) is 0 Å². The van der Waals surface area contributed by atoms with Gasteiger partial charge in [-0.05, 0) is 13.8 Å². The Kier molecular flexibility index (Phi) is 14.6. The van der Waals surface area contributed by atoms with E-state index in [0.717, 1.165) is 0 Å². The number of aliphatic hydroxyl groups excluding tert-OH is 2. The Morgan fingerprint density at radius 2 is 1.24 bits per heavy atom. The van der Waals surface area contributed by atoms with Crippen molar-refractivity contribution in [1.82, 2.24) is 0 Å². The van der Waals surface area contributed by atoms with E-state index >= 15 is 0 Å². The van der Waals surface area contributed by atoms with Crippen molar-refractivity contribution in [3.05, 3.63) is 0 Å². The molecule has 0 amide bonds. The molecule has 0 bridgehead atoms. The summed E-state index contributed by atoms with van der Waals surface area (Å²) in [5, 5.41) is 19.3. The Morgan fingerprint density at radius 3 is 1.68 bits per heavy atom. The average Bonchev–Trinajstić information content (AvgIpc) is 3.30. The van der Waals surface area contributed by atoms with Crippen molar-refractivity contribution in [2.24, 2.45) is 0 Å². The Hall–Kier alpha value is 0.365. The van der Waals surface area contributed by atoms with Gasteiger partial charge in [0.2, 0.25) is 0 Å². The van der Waals surface area contributed by atoms with Gasteiger partial charge in [0.1, 0.15) is 36.6 Å². The Balaban J connectivity index is 0.00000456. The standard InChI is InChI=1S/C13H24B3O16P3.3CH4/c1-5-9(17)10(18)7(27-5)3-25-33(19,20)31-35(23,24)32-34(21,22)26-4-8-11-12(29-6(2)28-11)13(30-8)16(14)15;;;/h5-13,17-18H,3-4H2,1-2H3,(H,19,20)(H,21,22)(H,23,24);3*1H4/p-3/t5-,6?,7+,8+,9?,10?,11?,12-,13+;;;/m0.../s1. The maximum atomic E-state index is 12.0. The minimum atomic E-state index is -6.10. The van der Waals surface area contributed by atoms with Crippen molar-refractivity contribution >= 4 is 45.4 Å². The molecular weight excluding hydrogens is 574 g/mol. The van der Waals surface area contributed by atoms with Crippen LogP contribution in [0.5, 0.6) is 0 Å². The lowest BCUT2D eigenvalue weighted by Gasteiger charge is -2.35. The molecule has 0 saturated carbocycles. The van der Waals surface area contributed by atoms with Gasteiger partial charge >= 0.3 is 0 Å². The van der Waals surface area contributed by atoms with Crippen LogP contribution >= 0.6 is 23.5 Å². The minimum absolute atomic E-state index is 0. The summed E-state index contributed by atoms with van der Waals surface area (Å²) in [6.45, 7) is 0.180. The highest BCUT2D eigenvalue weighted by atomic mass is 31.3. The molecule has 3 fully saturated rings. The molecule has 0 spiro atoms. The van der Waals surface area contributed by atoms with Gasteiger partial charge in [-0.25, -0.2) is 8.62 Å². The third-order valence-corrected chi connectivity index (χ3v) is 9.35. The van der Waals surface area contributed by atoms with Crippen LogP contribution in [0.15, 0.2) is 0 Å². The van der Waals surface area contributed by atoms with E-state index in [9.17, 15) is 38.6 Å². The fourth-order valence-electron chi connectivity index (χ4n) is 3.70. The summed E-state index contributed by atoms with van der Waals surface area (Å²) in [7, 11) is -6.32. The molecule has 3 rings (SSSR count). The number of aliphatic hydroxyl groups is 2. The summed E-state index contributed by atoms with van der Waals surface area (Å²) >= 11 is 0. The fraction of sp³-hybridized carbons (Fsp3) is 1.00. The summed E-state index contributed by atoms with van der Waals surface area (Å²) in [6.07, 6.45) is -8.44. The van der Waals surface area contributed by atoms with Crippen LogP contribution in [0.2, 0.25) is 0 Å². The van der Waals surface area contributed by atoms with Crippen LogP contribution in [0, 0.1) is 0 Å². The maximum Gasteiger partial charge on any atom is 0.280 e. The van der Waals surface area contributed by atoms with Crippen LogP contribution in [-0.2, 0) is 50.3 Å². The molecule has 22 heteroatoms. The predicted octanol–water partition coefficient (Wildman–Crippen LogP) is -1.86. The van der Waals surface area contributed by atoms with Crippen molar-refractivity contribution < 1.29 is 75.2 Å². The smallest absolute Gasteiger partial charge is 0.280 e. The summed E-state index contributed by atoms with van der Waals surface area (Å²) in [5.41, 5.74) is 0. The SMILES string of the molecule is C.C.C.[B]B([B])[C@@H]1O[C@H](COP(=O)([O-])OP(=O)([O-])OP(=O)([O-])OC[C@H]2O[C@@H](C)C(O)C2O)C2OC(C)O[C@@H]21. The van der Waals surface area contributed by atoms with Crippen LogP contribution in [0.3, 0.4) is 0 Å². The summed E-state index contributed by atoms with van der Waals surface area (Å²) in [4.78, 5) is 35.6. The molecule has 7 unspecified atom stereocenters. The molecule has 0 aromatic heterocycles. The second-order valence-electron chi connectivity index (χ2n) is 7.94. The highest BCUT2D eigenvalue weighted by molar-refractivity contribution is 7.65. The van der Waals surface area contributed by atoms with Crippen LogP contribution in [0.4, 0.5) is 0 Å². The van der Waals surface area contributed by atoms with E-state index in [1.54, 1.807) is 6.92 Å². The van der Waals surface area contributed by atoms with Crippen LogP contribution < -0.4 is 14.7 Å². The first kappa shape index (κ1) is 38.4. The molecule has 3 aliphatic heterocycles. The van der Waals surface area contributed by atoms with Crippen molar-refractivity contribution in [1.29, 1.82) is 0 Å². The number of fused-ring (bicyclic) bond motifs is 1. The lowest BCUT2D eigenvalue weighted by atomic mass is 9.16. The lowest BCUT2D eigenvalue weighted by molar-refractivity contribution is -0.252. The third-order valence-electron chi connectivity index (χ3n) is 5.22. The lowest BCUT2D eigenvalue weighted by Crippen LogP contribution is -2.42. The topological polar surface area (TPSA) is 235 Å². The molecule has 0 aliphatic carbocycles. The molecule has 2 N–H and O–H groups in total. The van der Waals surface area contributed by atoms with Crippen LogP contribution in [0.1, 0.15) is 36.1 Å². The molecule has 3 aliphatic rings. The molecular formula is C16H33B3O16P3-3. The molecule has 3 heterocycles. The number of ether oxygens (including phenoxy) is 4. The first-order valence-corrected chi connectivity index (χ1v) is 14.5. The second-order valence-corrected chi connectivity index (χ2v) is 12.4. The molecule has 0 aromatic rings. The highest BCUT2D eigenvalue weighted by Crippen LogP contribution is 2.63. The van der Waals surface area contributed by atoms with Gasteiger partial charge < -0.3 is 52.9 Å². The summed E-state index contributed by atoms with van der Waals surface area (Å²) in [6, 6.07) is -0.880.